The molecule has 1 aromatic rings. The first-order valence-electron chi connectivity index (χ1n) is 8.66. The van der Waals surface area contributed by atoms with Crippen molar-refractivity contribution in [2.24, 2.45) is 0 Å². The van der Waals surface area contributed by atoms with E-state index in [1.54, 1.807) is 24.0 Å². The largest absolute Gasteiger partial charge is 0.462 e. The van der Waals surface area contributed by atoms with Crippen molar-refractivity contribution in [3.63, 3.8) is 0 Å². The molecule has 140 valence electrons. The van der Waals surface area contributed by atoms with Gasteiger partial charge >= 0.3 is 17.8 Å². The number of amides is 3. The Morgan fingerprint density at radius 3 is 2.65 bits per heavy atom. The minimum Gasteiger partial charge on any atom is -0.462 e. The monoisotopic (exact) mass is 361 g/mol. The Labute approximate surface area is 151 Å². The molecule has 1 aliphatic rings. The van der Waals surface area contributed by atoms with E-state index in [1.807, 2.05) is 0 Å². The maximum Gasteiger partial charge on any atom is 0.340 e. The molecule has 8 nitrogen and oxygen atoms in total. The normalized spacial score (nSPS) is 13.4. The molecule has 1 heterocycles. The fraction of sp³-hybridized carbons (Fsp3) is 0.444. The lowest BCUT2D eigenvalue weighted by atomic mass is 10.2. The second-order valence-corrected chi connectivity index (χ2v) is 5.81. The predicted octanol–water partition coefficient (Wildman–Crippen LogP) is 0.931. The highest BCUT2D eigenvalue weighted by Gasteiger charge is 2.20. The lowest BCUT2D eigenvalue weighted by Crippen LogP contribution is -2.37. The van der Waals surface area contributed by atoms with Crippen LogP contribution < -0.4 is 10.6 Å². The van der Waals surface area contributed by atoms with Crippen LogP contribution in [-0.2, 0) is 19.1 Å². The van der Waals surface area contributed by atoms with Gasteiger partial charge in [0, 0.05) is 26.1 Å². The smallest absolute Gasteiger partial charge is 0.340 e. The lowest BCUT2D eigenvalue weighted by Gasteiger charge is -2.15. The number of hydrogen-bond donors (Lipinski definition) is 2. The van der Waals surface area contributed by atoms with Crippen LogP contribution >= 0.6 is 0 Å². The topological polar surface area (TPSA) is 105 Å². The third-order valence-corrected chi connectivity index (χ3v) is 3.94. The summed E-state index contributed by atoms with van der Waals surface area (Å²) in [6.07, 6.45) is 2.02. The number of nitrogens with one attached hydrogen (secondary N) is 2. The summed E-state index contributed by atoms with van der Waals surface area (Å²) in [5.74, 6) is -2.10. The number of esters is 1. The summed E-state index contributed by atoms with van der Waals surface area (Å²) in [5, 5.41) is 4.93. The molecule has 0 aromatic heterocycles. The molecule has 2 N–H and O–H groups in total. The molecular formula is C18H23N3O5. The second kappa shape index (κ2) is 9.55. The molecule has 0 radical (unpaired) electrons. The van der Waals surface area contributed by atoms with Gasteiger partial charge in [-0.1, -0.05) is 12.1 Å². The molecule has 26 heavy (non-hydrogen) atoms. The highest BCUT2D eigenvalue weighted by molar-refractivity contribution is 6.40. The zero-order valence-corrected chi connectivity index (χ0v) is 14.7. The fourth-order valence-corrected chi connectivity index (χ4v) is 2.65. The van der Waals surface area contributed by atoms with Gasteiger partial charge in [-0.2, -0.15) is 0 Å². The van der Waals surface area contributed by atoms with Crippen LogP contribution in [0.15, 0.2) is 24.3 Å². The van der Waals surface area contributed by atoms with Gasteiger partial charge in [0.2, 0.25) is 5.91 Å². The molecule has 1 aliphatic heterocycles. The van der Waals surface area contributed by atoms with Crippen LogP contribution in [-0.4, -0.2) is 54.8 Å². The van der Waals surface area contributed by atoms with E-state index in [9.17, 15) is 19.2 Å². The molecule has 0 bridgehead atoms. The van der Waals surface area contributed by atoms with E-state index in [4.69, 9.17) is 4.74 Å². The van der Waals surface area contributed by atoms with Gasteiger partial charge in [-0.25, -0.2) is 4.79 Å². The molecule has 0 saturated carbocycles. The standard InChI is InChI=1S/C18H23N3O5/c1-2-26-18(25)13-7-3-4-8-14(13)20-17(24)16(23)19-10-6-12-21-11-5-9-15(21)22/h3-4,7-8H,2,5-6,9-12H2,1H3,(H,19,23)(H,20,24). The van der Waals surface area contributed by atoms with Crippen molar-refractivity contribution in [3.8, 4) is 0 Å². The lowest BCUT2D eigenvalue weighted by molar-refractivity contribution is -0.136. The molecule has 0 spiro atoms. The Morgan fingerprint density at radius 2 is 1.96 bits per heavy atom. The molecule has 0 atom stereocenters. The zero-order chi connectivity index (χ0) is 18.9. The number of rotatable bonds is 7. The molecule has 3 amide bonds. The van der Waals surface area contributed by atoms with Crippen molar-refractivity contribution < 1.29 is 23.9 Å². The summed E-state index contributed by atoms with van der Waals surface area (Å²) in [5.41, 5.74) is 0.400. The number of benzene rings is 1. The van der Waals surface area contributed by atoms with E-state index in [1.165, 1.54) is 12.1 Å². The second-order valence-electron chi connectivity index (χ2n) is 5.81. The Balaban J connectivity index is 1.81. The Bertz CT molecular complexity index is 689. The van der Waals surface area contributed by atoms with E-state index >= 15 is 0 Å². The average Bonchev–Trinajstić information content (AvgIpc) is 3.04. The molecule has 8 heteroatoms. The van der Waals surface area contributed by atoms with Gasteiger partial charge in [0.05, 0.1) is 17.9 Å². The highest BCUT2D eigenvalue weighted by Crippen LogP contribution is 2.16. The number of ether oxygens (including phenoxy) is 1. The van der Waals surface area contributed by atoms with Gasteiger partial charge in [-0.05, 0) is 31.9 Å². The van der Waals surface area contributed by atoms with Crippen LogP contribution in [0.2, 0.25) is 0 Å². The third kappa shape index (κ3) is 5.30. The summed E-state index contributed by atoms with van der Waals surface area (Å²) in [6, 6.07) is 6.32. The summed E-state index contributed by atoms with van der Waals surface area (Å²) < 4.78 is 4.92. The predicted molar refractivity (Wildman–Crippen MR) is 94.5 cm³/mol. The van der Waals surface area contributed by atoms with Gasteiger partial charge in [0.15, 0.2) is 0 Å². The molecule has 1 fully saturated rings. The van der Waals surface area contributed by atoms with Crippen LogP contribution in [0.5, 0.6) is 0 Å². The van der Waals surface area contributed by atoms with Crippen molar-refractivity contribution in [1.29, 1.82) is 0 Å². The van der Waals surface area contributed by atoms with Crippen LogP contribution in [0.1, 0.15) is 36.5 Å². The summed E-state index contributed by atoms with van der Waals surface area (Å²) in [7, 11) is 0. The maximum absolute atomic E-state index is 12.0. The quantitative estimate of drug-likeness (QED) is 0.427. The Hall–Kier alpha value is -2.90. The number of anilines is 1. The van der Waals surface area contributed by atoms with E-state index in [0.717, 1.165) is 13.0 Å². The first kappa shape index (κ1) is 19.4. The molecule has 2 rings (SSSR count). The van der Waals surface area contributed by atoms with E-state index < -0.39 is 17.8 Å². The molecular weight excluding hydrogens is 338 g/mol. The van der Waals surface area contributed by atoms with Gasteiger partial charge in [0.25, 0.3) is 0 Å². The molecule has 1 saturated heterocycles. The van der Waals surface area contributed by atoms with Crippen LogP contribution in [0, 0.1) is 0 Å². The van der Waals surface area contributed by atoms with Gasteiger partial charge in [-0.3, -0.25) is 14.4 Å². The summed E-state index contributed by atoms with van der Waals surface area (Å²) in [4.78, 5) is 49.0. The molecule has 0 aliphatic carbocycles. The summed E-state index contributed by atoms with van der Waals surface area (Å²) in [6.45, 7) is 3.49. The van der Waals surface area contributed by atoms with Crippen molar-refractivity contribution >= 4 is 29.4 Å². The summed E-state index contributed by atoms with van der Waals surface area (Å²) >= 11 is 0. The molecule has 0 unspecified atom stereocenters. The SMILES string of the molecule is CCOC(=O)c1ccccc1NC(=O)C(=O)NCCCN1CCCC1=O. The van der Waals surface area contributed by atoms with Crippen LogP contribution in [0.25, 0.3) is 0 Å². The Kier molecular flexibility index (Phi) is 7.13. The minimum absolute atomic E-state index is 0.129. The number of carbonyl (C=O) groups excluding carboxylic acids is 4. The Morgan fingerprint density at radius 1 is 1.19 bits per heavy atom. The average molecular weight is 361 g/mol. The van der Waals surface area contributed by atoms with Crippen LogP contribution in [0.3, 0.4) is 0 Å². The number of nitrogens with zero attached hydrogens (tertiary/aromatic N) is 1. The minimum atomic E-state index is -0.862. The van der Waals surface area contributed by atoms with Gasteiger partial charge < -0.3 is 20.3 Å². The first-order chi connectivity index (χ1) is 12.5. The van der Waals surface area contributed by atoms with Gasteiger partial charge in [0.1, 0.15) is 0 Å². The number of likely N-dealkylation sites (tertiary alicyclic amines) is 1. The van der Waals surface area contributed by atoms with Crippen molar-refractivity contribution in [1.82, 2.24) is 10.2 Å². The fourth-order valence-electron chi connectivity index (χ4n) is 2.65. The number of para-hydroxylation sites is 1. The first-order valence-corrected chi connectivity index (χ1v) is 8.66. The third-order valence-electron chi connectivity index (χ3n) is 3.94. The highest BCUT2D eigenvalue weighted by atomic mass is 16.5. The number of carbonyl (C=O) groups is 4. The van der Waals surface area contributed by atoms with Crippen molar-refractivity contribution in [2.45, 2.75) is 26.2 Å². The zero-order valence-electron chi connectivity index (χ0n) is 14.7. The number of hydrogen-bond acceptors (Lipinski definition) is 5. The van der Waals surface area contributed by atoms with Crippen molar-refractivity contribution in [2.75, 3.05) is 31.6 Å². The van der Waals surface area contributed by atoms with Crippen molar-refractivity contribution in [3.05, 3.63) is 29.8 Å². The van der Waals surface area contributed by atoms with Gasteiger partial charge in [-0.15, -0.1) is 0 Å². The van der Waals surface area contributed by atoms with E-state index in [2.05, 4.69) is 10.6 Å². The van der Waals surface area contributed by atoms with Crippen LogP contribution in [0.4, 0.5) is 5.69 Å². The van der Waals surface area contributed by atoms with E-state index in [0.29, 0.717) is 19.4 Å². The van der Waals surface area contributed by atoms with E-state index in [-0.39, 0.29) is 30.3 Å². The molecule has 1 aromatic carbocycles. The maximum atomic E-state index is 12.0.